The molecular weight excluding hydrogens is 359 g/mol. The highest BCUT2D eigenvalue weighted by molar-refractivity contribution is 5.73. The van der Waals surface area contributed by atoms with Crippen molar-refractivity contribution in [1.29, 1.82) is 0 Å². The molecule has 1 aliphatic heterocycles. The molecule has 3 rings (SSSR count). The molecule has 4 N–H and O–H groups in total. The number of hydrogen-bond acceptors (Lipinski definition) is 6. The molecular formula is C20H27FN6O. The van der Waals surface area contributed by atoms with E-state index in [2.05, 4.69) is 32.4 Å². The van der Waals surface area contributed by atoms with Crippen LogP contribution in [0.3, 0.4) is 0 Å². The van der Waals surface area contributed by atoms with Gasteiger partial charge in [0, 0.05) is 43.5 Å². The largest absolute Gasteiger partial charge is 0.396 e. The van der Waals surface area contributed by atoms with Gasteiger partial charge in [-0.05, 0) is 37.5 Å². The number of nitrogens with zero attached hydrogens (tertiary/aromatic N) is 3. The minimum Gasteiger partial charge on any atom is -0.396 e. The molecule has 0 spiro atoms. The van der Waals surface area contributed by atoms with E-state index in [4.69, 9.17) is 5.73 Å². The molecule has 8 heteroatoms. The van der Waals surface area contributed by atoms with E-state index >= 15 is 0 Å². The van der Waals surface area contributed by atoms with E-state index in [-0.39, 0.29) is 17.6 Å². The summed E-state index contributed by atoms with van der Waals surface area (Å²) in [6, 6.07) is 6.59. The van der Waals surface area contributed by atoms with Crippen molar-refractivity contribution in [3.05, 3.63) is 35.8 Å². The summed E-state index contributed by atoms with van der Waals surface area (Å²) in [6.45, 7) is 5.21. The summed E-state index contributed by atoms with van der Waals surface area (Å²) >= 11 is 0. The van der Waals surface area contributed by atoms with Gasteiger partial charge in [0.1, 0.15) is 11.6 Å². The molecule has 1 atom stereocenters. The van der Waals surface area contributed by atoms with Gasteiger partial charge in [-0.1, -0.05) is 13.3 Å². The fraction of sp³-hybridized carbons (Fsp3) is 0.450. The zero-order valence-electron chi connectivity index (χ0n) is 16.3. The molecule has 0 saturated carbocycles. The molecule has 2 aromatic rings. The maximum absolute atomic E-state index is 13.4. The summed E-state index contributed by atoms with van der Waals surface area (Å²) in [6.07, 6.45) is 3.85. The molecule has 28 heavy (non-hydrogen) atoms. The predicted molar refractivity (Wildman–Crippen MR) is 109 cm³/mol. The van der Waals surface area contributed by atoms with Crippen LogP contribution in [0, 0.1) is 5.82 Å². The highest BCUT2D eigenvalue weighted by Crippen LogP contribution is 2.24. The van der Waals surface area contributed by atoms with E-state index in [1.807, 2.05) is 6.07 Å². The third-order valence-electron chi connectivity index (χ3n) is 4.72. The van der Waals surface area contributed by atoms with Crippen LogP contribution >= 0.6 is 0 Å². The van der Waals surface area contributed by atoms with Crippen molar-refractivity contribution < 1.29 is 9.18 Å². The molecule has 1 aromatic carbocycles. The van der Waals surface area contributed by atoms with Crippen LogP contribution in [0.1, 0.15) is 38.8 Å². The maximum atomic E-state index is 13.4. The standard InChI is InChI=1S/C20H27FN6O/c1-3-4-5-14-11-19(27-9-8-16(12-27)23-13(2)28)26-20(24-14)25-15-6-7-17(21)18(22)10-15/h6-7,10-11,16H,3-5,8-9,12,22H2,1-2H3,(H,23,28)(H,24,25,26)/t16-/m0/s1. The van der Waals surface area contributed by atoms with Gasteiger partial charge < -0.3 is 21.3 Å². The first-order valence-electron chi connectivity index (χ1n) is 9.66. The first kappa shape index (κ1) is 19.9. The van der Waals surface area contributed by atoms with E-state index in [0.717, 1.165) is 43.7 Å². The van der Waals surface area contributed by atoms with Gasteiger partial charge in [-0.3, -0.25) is 4.79 Å². The number of carbonyl (C=O) groups is 1. The number of halogens is 1. The van der Waals surface area contributed by atoms with Crippen LogP contribution < -0.4 is 21.3 Å². The van der Waals surface area contributed by atoms with Crippen molar-refractivity contribution in [2.45, 2.75) is 45.6 Å². The Morgan fingerprint density at radius 2 is 2.18 bits per heavy atom. The Labute approximate surface area is 164 Å². The van der Waals surface area contributed by atoms with Crippen molar-refractivity contribution in [3.63, 3.8) is 0 Å². The Morgan fingerprint density at radius 3 is 2.89 bits per heavy atom. The number of rotatable bonds is 7. The number of nitrogens with two attached hydrogens (primary N) is 1. The van der Waals surface area contributed by atoms with Crippen molar-refractivity contribution in [1.82, 2.24) is 15.3 Å². The lowest BCUT2D eigenvalue weighted by Crippen LogP contribution is -2.35. The zero-order valence-corrected chi connectivity index (χ0v) is 16.3. The van der Waals surface area contributed by atoms with E-state index in [0.29, 0.717) is 18.2 Å². The van der Waals surface area contributed by atoms with Crippen molar-refractivity contribution in [2.24, 2.45) is 0 Å². The number of amides is 1. The van der Waals surface area contributed by atoms with Gasteiger partial charge in [0.25, 0.3) is 0 Å². The number of benzene rings is 1. The summed E-state index contributed by atoms with van der Waals surface area (Å²) in [5, 5.41) is 6.10. The first-order chi connectivity index (χ1) is 13.4. The number of aromatic nitrogens is 2. The van der Waals surface area contributed by atoms with Crippen molar-refractivity contribution in [2.75, 3.05) is 29.0 Å². The highest BCUT2D eigenvalue weighted by Gasteiger charge is 2.24. The van der Waals surface area contributed by atoms with Gasteiger partial charge in [-0.2, -0.15) is 4.98 Å². The monoisotopic (exact) mass is 386 g/mol. The topological polar surface area (TPSA) is 96.2 Å². The van der Waals surface area contributed by atoms with Crippen LogP contribution in [0.2, 0.25) is 0 Å². The molecule has 7 nitrogen and oxygen atoms in total. The van der Waals surface area contributed by atoms with Gasteiger partial charge in [0.15, 0.2) is 0 Å². The Hall–Kier alpha value is -2.90. The summed E-state index contributed by atoms with van der Waals surface area (Å²) in [5.74, 6) is 0.809. The van der Waals surface area contributed by atoms with Gasteiger partial charge in [-0.15, -0.1) is 0 Å². The second kappa shape index (κ2) is 8.86. The average molecular weight is 386 g/mol. The van der Waals surface area contributed by atoms with E-state index in [1.54, 1.807) is 6.07 Å². The van der Waals surface area contributed by atoms with Crippen LogP contribution in [-0.4, -0.2) is 35.0 Å². The molecule has 1 saturated heterocycles. The molecule has 0 radical (unpaired) electrons. The normalized spacial score (nSPS) is 16.2. The number of carbonyl (C=O) groups excluding carboxylic acids is 1. The van der Waals surface area contributed by atoms with Crippen LogP contribution in [-0.2, 0) is 11.2 Å². The van der Waals surface area contributed by atoms with Crippen molar-refractivity contribution >= 4 is 29.0 Å². The molecule has 0 unspecified atom stereocenters. The smallest absolute Gasteiger partial charge is 0.229 e. The summed E-state index contributed by atoms with van der Waals surface area (Å²) in [5.41, 5.74) is 7.32. The molecule has 1 amide bonds. The van der Waals surface area contributed by atoms with Crippen molar-refractivity contribution in [3.8, 4) is 0 Å². The van der Waals surface area contributed by atoms with Crippen LogP contribution in [0.5, 0.6) is 0 Å². The summed E-state index contributed by atoms with van der Waals surface area (Å²) < 4.78 is 13.4. The van der Waals surface area contributed by atoms with Gasteiger partial charge in [-0.25, -0.2) is 9.37 Å². The number of unbranched alkanes of at least 4 members (excludes halogenated alkanes) is 1. The minimum atomic E-state index is -0.454. The van der Waals surface area contributed by atoms with Gasteiger partial charge in [0.05, 0.1) is 5.69 Å². The quantitative estimate of drug-likeness (QED) is 0.633. The molecule has 150 valence electrons. The summed E-state index contributed by atoms with van der Waals surface area (Å²) in [4.78, 5) is 22.7. The zero-order chi connectivity index (χ0) is 20.1. The maximum Gasteiger partial charge on any atom is 0.229 e. The average Bonchev–Trinajstić information content (AvgIpc) is 3.11. The number of anilines is 4. The molecule has 1 aliphatic rings. The predicted octanol–water partition coefficient (Wildman–Crippen LogP) is 3.00. The minimum absolute atomic E-state index is 0.0190. The fourth-order valence-electron chi connectivity index (χ4n) is 3.31. The Morgan fingerprint density at radius 1 is 1.36 bits per heavy atom. The SMILES string of the molecule is CCCCc1cc(N2CC[C@H](NC(C)=O)C2)nc(Nc2ccc(F)c(N)c2)n1. The lowest BCUT2D eigenvalue weighted by molar-refractivity contribution is -0.119. The van der Waals surface area contributed by atoms with Crippen LogP contribution in [0.4, 0.5) is 27.5 Å². The molecule has 0 bridgehead atoms. The number of nitrogen functional groups attached to an aromatic ring is 1. The lowest BCUT2D eigenvalue weighted by Gasteiger charge is -2.19. The van der Waals surface area contributed by atoms with Gasteiger partial charge >= 0.3 is 0 Å². The number of nitrogens with one attached hydrogen (secondary N) is 2. The summed E-state index contributed by atoms with van der Waals surface area (Å²) in [7, 11) is 0. The molecule has 2 heterocycles. The molecule has 0 aliphatic carbocycles. The van der Waals surface area contributed by atoms with Gasteiger partial charge in [0.2, 0.25) is 11.9 Å². The molecule has 1 aromatic heterocycles. The number of hydrogen-bond donors (Lipinski definition) is 3. The fourth-order valence-corrected chi connectivity index (χ4v) is 3.31. The third-order valence-corrected chi connectivity index (χ3v) is 4.72. The Balaban J connectivity index is 1.82. The first-order valence-corrected chi connectivity index (χ1v) is 9.66. The molecule has 1 fully saturated rings. The number of aryl methyl sites for hydroxylation is 1. The van der Waals surface area contributed by atoms with Crippen LogP contribution in [0.15, 0.2) is 24.3 Å². The highest BCUT2D eigenvalue weighted by atomic mass is 19.1. The third kappa shape index (κ3) is 5.09. The second-order valence-electron chi connectivity index (χ2n) is 7.14. The Bertz CT molecular complexity index is 843. The Kier molecular flexibility index (Phi) is 6.28. The van der Waals surface area contributed by atoms with E-state index in [1.165, 1.54) is 19.1 Å². The van der Waals surface area contributed by atoms with E-state index in [9.17, 15) is 9.18 Å². The van der Waals surface area contributed by atoms with Crippen LogP contribution in [0.25, 0.3) is 0 Å². The lowest BCUT2D eigenvalue weighted by atomic mass is 10.2. The van der Waals surface area contributed by atoms with E-state index < -0.39 is 5.82 Å². The second-order valence-corrected chi connectivity index (χ2v) is 7.14.